The van der Waals surface area contributed by atoms with Crippen molar-refractivity contribution in [3.05, 3.63) is 95.1 Å². The fourth-order valence-electron chi connectivity index (χ4n) is 5.18. The van der Waals surface area contributed by atoms with Crippen molar-refractivity contribution in [2.45, 2.75) is 66.9 Å². The van der Waals surface area contributed by atoms with E-state index in [0.29, 0.717) is 18.8 Å². The van der Waals surface area contributed by atoms with E-state index in [1.165, 1.54) is 16.7 Å². The predicted molar refractivity (Wildman–Crippen MR) is 157 cm³/mol. The van der Waals surface area contributed by atoms with Crippen molar-refractivity contribution in [1.29, 1.82) is 0 Å². The number of carbonyl (C=O) groups is 1. The highest BCUT2D eigenvalue weighted by molar-refractivity contribution is 5.90. The third-order valence-electron chi connectivity index (χ3n) is 7.28. The molecular formula is C34H41NO3. The molecule has 1 aliphatic carbocycles. The predicted octanol–water partition coefficient (Wildman–Crippen LogP) is 8.71. The minimum absolute atomic E-state index is 0.00576. The summed E-state index contributed by atoms with van der Waals surface area (Å²) in [6.45, 7) is 17.0. The van der Waals surface area contributed by atoms with Crippen LogP contribution in [0.25, 0.3) is 5.57 Å². The van der Waals surface area contributed by atoms with Gasteiger partial charge in [-0.05, 0) is 89.8 Å². The third kappa shape index (κ3) is 5.80. The lowest BCUT2D eigenvalue weighted by Gasteiger charge is -2.38. The molecule has 0 saturated heterocycles. The number of anilines is 2. The number of allylic oxidation sites excluding steroid dienone is 2. The van der Waals surface area contributed by atoms with Crippen molar-refractivity contribution in [3.63, 3.8) is 0 Å². The van der Waals surface area contributed by atoms with Crippen LogP contribution in [0.5, 0.6) is 5.75 Å². The van der Waals surface area contributed by atoms with Crippen LogP contribution in [-0.4, -0.2) is 19.1 Å². The van der Waals surface area contributed by atoms with E-state index in [-0.39, 0.29) is 16.8 Å². The smallest absolute Gasteiger partial charge is 0.338 e. The van der Waals surface area contributed by atoms with Gasteiger partial charge in [0.1, 0.15) is 12.4 Å². The Morgan fingerprint density at radius 2 is 1.66 bits per heavy atom. The number of carbonyl (C=O) groups excluding carboxylic acids is 1. The number of esters is 1. The lowest BCUT2D eigenvalue weighted by Crippen LogP contribution is -2.26. The zero-order valence-electron chi connectivity index (χ0n) is 23.9. The Morgan fingerprint density at radius 3 is 2.26 bits per heavy atom. The second kappa shape index (κ2) is 11.1. The van der Waals surface area contributed by atoms with E-state index in [1.807, 2.05) is 49.4 Å². The lowest BCUT2D eigenvalue weighted by atomic mass is 9.68. The van der Waals surface area contributed by atoms with Crippen LogP contribution in [0.15, 0.2) is 72.8 Å². The van der Waals surface area contributed by atoms with Crippen molar-refractivity contribution in [3.8, 4) is 5.75 Å². The zero-order valence-corrected chi connectivity index (χ0v) is 23.9. The molecule has 0 bridgehead atoms. The van der Waals surface area contributed by atoms with Gasteiger partial charge in [-0.25, -0.2) is 4.79 Å². The minimum Gasteiger partial charge on any atom is -0.487 e. The Labute approximate surface area is 228 Å². The summed E-state index contributed by atoms with van der Waals surface area (Å²) in [5, 5.41) is 0. The number of benzene rings is 3. The van der Waals surface area contributed by atoms with Gasteiger partial charge in [0, 0.05) is 12.2 Å². The Balaban J connectivity index is 1.83. The molecule has 38 heavy (non-hydrogen) atoms. The molecule has 4 nitrogen and oxygen atoms in total. The number of hydrogen-bond donors (Lipinski definition) is 0. The molecule has 0 unspecified atom stereocenters. The molecule has 0 aliphatic heterocycles. The van der Waals surface area contributed by atoms with E-state index in [4.69, 9.17) is 9.47 Å². The summed E-state index contributed by atoms with van der Waals surface area (Å²) in [6.07, 6.45) is 3.41. The van der Waals surface area contributed by atoms with Crippen LogP contribution in [-0.2, 0) is 16.8 Å². The van der Waals surface area contributed by atoms with Gasteiger partial charge < -0.3 is 14.4 Å². The van der Waals surface area contributed by atoms with Gasteiger partial charge in [0.05, 0.1) is 17.9 Å². The second-order valence-corrected chi connectivity index (χ2v) is 11.6. The molecule has 3 aromatic rings. The molecule has 4 rings (SSSR count). The number of rotatable bonds is 8. The maximum atomic E-state index is 12.2. The topological polar surface area (TPSA) is 38.8 Å². The molecule has 0 spiro atoms. The first kappa shape index (κ1) is 27.5. The molecule has 0 heterocycles. The maximum absolute atomic E-state index is 12.2. The van der Waals surface area contributed by atoms with Crippen LogP contribution in [0.1, 0.15) is 81.9 Å². The largest absolute Gasteiger partial charge is 0.487 e. The average Bonchev–Trinajstić information content (AvgIpc) is 2.88. The van der Waals surface area contributed by atoms with Crippen molar-refractivity contribution >= 4 is 22.9 Å². The molecular weight excluding hydrogens is 470 g/mol. The van der Waals surface area contributed by atoms with E-state index in [1.54, 1.807) is 0 Å². The van der Waals surface area contributed by atoms with Crippen LogP contribution in [0.4, 0.5) is 11.4 Å². The Morgan fingerprint density at radius 1 is 0.974 bits per heavy atom. The number of fused-ring (bicyclic) bond motifs is 1. The Hall–Kier alpha value is -3.53. The van der Waals surface area contributed by atoms with Gasteiger partial charge in [-0.3, -0.25) is 0 Å². The number of ether oxygens (including phenoxy) is 2. The molecule has 0 saturated carbocycles. The van der Waals surface area contributed by atoms with E-state index >= 15 is 0 Å². The highest BCUT2D eigenvalue weighted by atomic mass is 16.5. The zero-order chi connectivity index (χ0) is 27.5. The highest BCUT2D eigenvalue weighted by Gasteiger charge is 2.34. The van der Waals surface area contributed by atoms with Gasteiger partial charge >= 0.3 is 5.97 Å². The summed E-state index contributed by atoms with van der Waals surface area (Å²) in [5.74, 6) is 0.567. The molecule has 0 fully saturated rings. The van der Waals surface area contributed by atoms with Gasteiger partial charge in [-0.15, -0.1) is 0 Å². The summed E-state index contributed by atoms with van der Waals surface area (Å²) in [6, 6.07) is 22.5. The number of hydrogen-bond acceptors (Lipinski definition) is 4. The summed E-state index contributed by atoms with van der Waals surface area (Å²) >= 11 is 0. The SMILES string of the molecule is CCOC(=O)c1ccc(N(CC)c2cc3c(cc2OCc2ccccc2)C(C)(C)CC=C3C(C)(C)C)cc1. The molecule has 0 radical (unpaired) electrons. The van der Waals surface area contributed by atoms with Gasteiger partial charge in [0.25, 0.3) is 0 Å². The van der Waals surface area contributed by atoms with Gasteiger partial charge in [0.15, 0.2) is 0 Å². The number of nitrogens with zero attached hydrogens (tertiary/aromatic N) is 1. The fourth-order valence-corrected chi connectivity index (χ4v) is 5.18. The summed E-state index contributed by atoms with van der Waals surface area (Å²) < 4.78 is 11.7. The van der Waals surface area contributed by atoms with Gasteiger partial charge in [0.2, 0.25) is 0 Å². The second-order valence-electron chi connectivity index (χ2n) is 11.6. The molecule has 0 amide bonds. The van der Waals surface area contributed by atoms with Crippen molar-refractivity contribution in [2.24, 2.45) is 5.41 Å². The summed E-state index contributed by atoms with van der Waals surface area (Å²) in [7, 11) is 0. The lowest BCUT2D eigenvalue weighted by molar-refractivity contribution is 0.0526. The molecule has 0 atom stereocenters. The quantitative estimate of drug-likeness (QED) is 0.284. The van der Waals surface area contributed by atoms with E-state index in [0.717, 1.165) is 35.7 Å². The van der Waals surface area contributed by atoms with Crippen molar-refractivity contribution in [2.75, 3.05) is 18.1 Å². The highest BCUT2D eigenvalue weighted by Crippen LogP contribution is 2.49. The van der Waals surface area contributed by atoms with Crippen LogP contribution in [0, 0.1) is 5.41 Å². The molecule has 4 heteroatoms. The van der Waals surface area contributed by atoms with Crippen LogP contribution < -0.4 is 9.64 Å². The van der Waals surface area contributed by atoms with E-state index in [9.17, 15) is 4.79 Å². The Bertz CT molecular complexity index is 1300. The first-order valence-electron chi connectivity index (χ1n) is 13.7. The third-order valence-corrected chi connectivity index (χ3v) is 7.28. The average molecular weight is 512 g/mol. The van der Waals surface area contributed by atoms with Crippen molar-refractivity contribution < 1.29 is 14.3 Å². The summed E-state index contributed by atoms with van der Waals surface area (Å²) in [4.78, 5) is 14.5. The molecule has 200 valence electrons. The first-order valence-corrected chi connectivity index (χ1v) is 13.7. The summed E-state index contributed by atoms with van der Waals surface area (Å²) in [5.41, 5.74) is 7.73. The molecule has 0 N–H and O–H groups in total. The monoisotopic (exact) mass is 511 g/mol. The van der Waals surface area contributed by atoms with E-state index in [2.05, 4.69) is 76.8 Å². The van der Waals surface area contributed by atoms with Crippen LogP contribution >= 0.6 is 0 Å². The minimum atomic E-state index is -0.301. The maximum Gasteiger partial charge on any atom is 0.338 e. The van der Waals surface area contributed by atoms with Crippen molar-refractivity contribution in [1.82, 2.24) is 0 Å². The van der Waals surface area contributed by atoms with Gasteiger partial charge in [-0.2, -0.15) is 0 Å². The fraction of sp³-hybridized carbons (Fsp3) is 0.382. The Kier molecular flexibility index (Phi) is 8.01. The normalized spacial score (nSPS) is 14.3. The van der Waals surface area contributed by atoms with Crippen LogP contribution in [0.2, 0.25) is 0 Å². The van der Waals surface area contributed by atoms with E-state index < -0.39 is 0 Å². The first-order chi connectivity index (χ1) is 18.0. The standard InChI is InChI=1S/C34H41NO3/c1-8-35(26-17-15-25(16-18-26)32(36)37-9-2)30-21-27-28(33(3,4)5)19-20-34(6,7)29(27)22-31(30)38-23-24-13-11-10-12-14-24/h10-19,21-22H,8-9,20,23H2,1-7H3. The molecule has 3 aromatic carbocycles. The van der Waals surface area contributed by atoms with Gasteiger partial charge in [-0.1, -0.05) is 71.0 Å². The van der Waals surface area contributed by atoms with Crippen LogP contribution in [0.3, 0.4) is 0 Å². The molecule has 0 aromatic heterocycles. The molecule has 1 aliphatic rings.